The van der Waals surface area contributed by atoms with Crippen molar-refractivity contribution in [2.24, 2.45) is 11.8 Å². The topological polar surface area (TPSA) is 46.0 Å². The molecule has 1 N–H and O–H groups in total. The summed E-state index contributed by atoms with van der Waals surface area (Å²) in [6.45, 7) is 4.33. The van der Waals surface area contributed by atoms with E-state index in [2.05, 4.69) is 29.9 Å². The molecular weight excluding hydrogens is 200 g/mol. The second-order valence-corrected chi connectivity index (χ2v) is 4.81. The summed E-state index contributed by atoms with van der Waals surface area (Å²) in [5, 5.41) is 10.3. The van der Waals surface area contributed by atoms with Crippen LogP contribution in [0.25, 0.3) is 0 Å². The molecular formula is C13H18N2O. The van der Waals surface area contributed by atoms with Gasteiger partial charge in [0.1, 0.15) is 6.33 Å². The van der Waals surface area contributed by atoms with Gasteiger partial charge in [-0.15, -0.1) is 0 Å². The van der Waals surface area contributed by atoms with E-state index in [4.69, 9.17) is 0 Å². The summed E-state index contributed by atoms with van der Waals surface area (Å²) in [5.41, 5.74) is 2.20. The van der Waals surface area contributed by atoms with Crippen LogP contribution < -0.4 is 0 Å². The summed E-state index contributed by atoms with van der Waals surface area (Å²) >= 11 is 0. The summed E-state index contributed by atoms with van der Waals surface area (Å²) in [7, 11) is 0. The van der Waals surface area contributed by atoms with Crippen molar-refractivity contribution in [3.8, 4) is 0 Å². The van der Waals surface area contributed by atoms with Crippen molar-refractivity contribution < 1.29 is 5.11 Å². The van der Waals surface area contributed by atoms with Gasteiger partial charge in [0, 0.05) is 18.0 Å². The fraction of sp³-hybridized carbons (Fsp3) is 0.538. The average molecular weight is 218 g/mol. The van der Waals surface area contributed by atoms with E-state index >= 15 is 0 Å². The van der Waals surface area contributed by atoms with Gasteiger partial charge in [0.2, 0.25) is 0 Å². The van der Waals surface area contributed by atoms with Crippen LogP contribution in [0, 0.1) is 11.8 Å². The first-order valence-electron chi connectivity index (χ1n) is 5.77. The zero-order valence-electron chi connectivity index (χ0n) is 9.80. The highest BCUT2D eigenvalue weighted by Gasteiger charge is 2.26. The SMILES string of the molecule is CC1=CC(C)CC(C(O)c2cncnc2)C1. The lowest BCUT2D eigenvalue weighted by atomic mass is 9.79. The second kappa shape index (κ2) is 4.74. The molecule has 0 bridgehead atoms. The normalized spacial score (nSPS) is 27.3. The number of allylic oxidation sites excluding steroid dienone is 2. The van der Waals surface area contributed by atoms with Crippen LogP contribution in [0.4, 0.5) is 0 Å². The Morgan fingerprint density at radius 2 is 2.06 bits per heavy atom. The third-order valence-corrected chi connectivity index (χ3v) is 3.20. The van der Waals surface area contributed by atoms with Crippen LogP contribution in [-0.2, 0) is 0 Å². The maximum Gasteiger partial charge on any atom is 0.115 e. The number of aliphatic hydroxyl groups excluding tert-OH is 1. The van der Waals surface area contributed by atoms with E-state index in [-0.39, 0.29) is 0 Å². The molecule has 1 aliphatic carbocycles. The molecule has 0 aromatic carbocycles. The average Bonchev–Trinajstić information content (AvgIpc) is 2.28. The van der Waals surface area contributed by atoms with Gasteiger partial charge >= 0.3 is 0 Å². The Labute approximate surface area is 96.3 Å². The highest BCUT2D eigenvalue weighted by Crippen LogP contribution is 2.36. The molecule has 1 aromatic heterocycles. The summed E-state index contributed by atoms with van der Waals surface area (Å²) in [4.78, 5) is 7.91. The predicted molar refractivity (Wildman–Crippen MR) is 62.6 cm³/mol. The maximum absolute atomic E-state index is 10.3. The Balaban J connectivity index is 2.12. The number of nitrogens with zero attached hydrogens (tertiary/aromatic N) is 2. The molecule has 1 aliphatic rings. The summed E-state index contributed by atoms with van der Waals surface area (Å²) in [5.74, 6) is 0.851. The van der Waals surface area contributed by atoms with E-state index in [1.165, 1.54) is 11.9 Å². The molecule has 1 heterocycles. The maximum atomic E-state index is 10.3. The summed E-state index contributed by atoms with van der Waals surface area (Å²) in [6, 6.07) is 0. The highest BCUT2D eigenvalue weighted by molar-refractivity contribution is 5.13. The first-order valence-corrected chi connectivity index (χ1v) is 5.77. The fourth-order valence-corrected chi connectivity index (χ4v) is 2.57. The van der Waals surface area contributed by atoms with Crippen LogP contribution in [-0.4, -0.2) is 15.1 Å². The van der Waals surface area contributed by atoms with E-state index in [1.54, 1.807) is 12.4 Å². The van der Waals surface area contributed by atoms with Gasteiger partial charge in [-0.2, -0.15) is 0 Å². The third kappa shape index (κ3) is 2.47. The predicted octanol–water partition coefficient (Wildman–Crippen LogP) is 2.50. The van der Waals surface area contributed by atoms with Gasteiger partial charge in [-0.1, -0.05) is 18.6 Å². The number of hydrogen-bond donors (Lipinski definition) is 1. The minimum absolute atomic E-state index is 0.297. The lowest BCUT2D eigenvalue weighted by Crippen LogP contribution is -2.19. The van der Waals surface area contributed by atoms with Crippen molar-refractivity contribution in [1.29, 1.82) is 0 Å². The highest BCUT2D eigenvalue weighted by atomic mass is 16.3. The van der Waals surface area contributed by atoms with E-state index in [0.717, 1.165) is 18.4 Å². The van der Waals surface area contributed by atoms with Gasteiger partial charge in [0.05, 0.1) is 6.10 Å². The Morgan fingerprint density at radius 3 is 2.69 bits per heavy atom. The molecule has 3 nitrogen and oxygen atoms in total. The summed E-state index contributed by atoms with van der Waals surface area (Å²) in [6.07, 6.45) is 8.77. The zero-order valence-corrected chi connectivity index (χ0v) is 9.80. The molecule has 1 aromatic rings. The van der Waals surface area contributed by atoms with E-state index in [0.29, 0.717) is 11.8 Å². The van der Waals surface area contributed by atoms with Crippen molar-refractivity contribution in [2.45, 2.75) is 32.8 Å². The lowest BCUT2D eigenvalue weighted by molar-refractivity contribution is 0.0926. The van der Waals surface area contributed by atoms with Crippen LogP contribution in [0.2, 0.25) is 0 Å². The van der Waals surface area contributed by atoms with Gasteiger partial charge in [0.25, 0.3) is 0 Å². The van der Waals surface area contributed by atoms with Crippen LogP contribution in [0.5, 0.6) is 0 Å². The molecule has 3 atom stereocenters. The molecule has 3 unspecified atom stereocenters. The van der Waals surface area contributed by atoms with E-state index < -0.39 is 6.10 Å². The molecule has 0 spiro atoms. The van der Waals surface area contributed by atoms with Gasteiger partial charge in [-0.05, 0) is 31.6 Å². The minimum atomic E-state index is -0.438. The van der Waals surface area contributed by atoms with E-state index in [1.807, 2.05) is 0 Å². The van der Waals surface area contributed by atoms with E-state index in [9.17, 15) is 5.11 Å². The first-order chi connectivity index (χ1) is 7.66. The number of aromatic nitrogens is 2. The standard InChI is InChI=1S/C13H18N2O/c1-9-3-10(2)5-11(4-9)13(16)12-6-14-8-15-7-12/h3,6-9,11,13,16H,4-5H2,1-2H3. The Morgan fingerprint density at radius 1 is 1.38 bits per heavy atom. The van der Waals surface area contributed by atoms with Gasteiger partial charge in [-0.3, -0.25) is 0 Å². The lowest BCUT2D eigenvalue weighted by Gasteiger charge is -2.29. The quantitative estimate of drug-likeness (QED) is 0.776. The zero-order chi connectivity index (χ0) is 11.5. The van der Waals surface area contributed by atoms with Gasteiger partial charge in [0.15, 0.2) is 0 Å². The number of hydrogen-bond acceptors (Lipinski definition) is 3. The molecule has 0 saturated carbocycles. The molecule has 16 heavy (non-hydrogen) atoms. The van der Waals surface area contributed by atoms with Crippen molar-refractivity contribution in [3.05, 3.63) is 35.9 Å². The van der Waals surface area contributed by atoms with Crippen molar-refractivity contribution in [1.82, 2.24) is 9.97 Å². The second-order valence-electron chi connectivity index (χ2n) is 4.81. The van der Waals surface area contributed by atoms with Crippen LogP contribution in [0.1, 0.15) is 38.4 Å². The monoisotopic (exact) mass is 218 g/mol. The minimum Gasteiger partial charge on any atom is -0.388 e. The smallest absolute Gasteiger partial charge is 0.115 e. The fourth-order valence-electron chi connectivity index (χ4n) is 2.57. The van der Waals surface area contributed by atoms with Crippen molar-refractivity contribution in [2.75, 3.05) is 0 Å². The van der Waals surface area contributed by atoms with Crippen LogP contribution in [0.15, 0.2) is 30.4 Å². The van der Waals surface area contributed by atoms with Gasteiger partial charge in [-0.25, -0.2) is 9.97 Å². The molecule has 86 valence electrons. The molecule has 0 radical (unpaired) electrons. The number of aliphatic hydroxyl groups is 1. The third-order valence-electron chi connectivity index (χ3n) is 3.20. The van der Waals surface area contributed by atoms with Crippen LogP contribution in [0.3, 0.4) is 0 Å². The summed E-state index contributed by atoms with van der Waals surface area (Å²) < 4.78 is 0. The van der Waals surface area contributed by atoms with Crippen molar-refractivity contribution in [3.63, 3.8) is 0 Å². The molecule has 0 saturated heterocycles. The molecule has 0 fully saturated rings. The van der Waals surface area contributed by atoms with Crippen molar-refractivity contribution >= 4 is 0 Å². The number of rotatable bonds is 2. The Kier molecular flexibility index (Phi) is 3.34. The van der Waals surface area contributed by atoms with Gasteiger partial charge < -0.3 is 5.11 Å². The first kappa shape index (κ1) is 11.3. The Hall–Kier alpha value is -1.22. The van der Waals surface area contributed by atoms with Crippen LogP contribution >= 0.6 is 0 Å². The molecule has 0 amide bonds. The largest absolute Gasteiger partial charge is 0.388 e. The molecule has 2 rings (SSSR count). The molecule has 3 heteroatoms. The molecule has 0 aliphatic heterocycles. The Bertz CT molecular complexity index is 375.